The van der Waals surface area contributed by atoms with Gasteiger partial charge in [-0.1, -0.05) is 26.0 Å². The average molecular weight is 319 g/mol. The first-order chi connectivity index (χ1) is 10.5. The van der Waals surface area contributed by atoms with Crippen LogP contribution in [0, 0.1) is 10.1 Å². The number of hydrogen-bond acceptors (Lipinski definition) is 5. The van der Waals surface area contributed by atoms with Crippen LogP contribution in [-0.4, -0.2) is 22.4 Å². The Morgan fingerprint density at radius 3 is 2.77 bits per heavy atom. The van der Waals surface area contributed by atoms with Gasteiger partial charge in [-0.15, -0.1) is 11.3 Å². The largest absolute Gasteiger partial charge is 0.351 e. The Hall–Kier alpha value is -2.28. The number of para-hydroxylation sites is 1. The van der Waals surface area contributed by atoms with Crippen LogP contribution in [0.4, 0.5) is 5.69 Å². The second kappa shape index (κ2) is 7.13. The molecule has 0 bridgehead atoms. The fourth-order valence-corrected chi connectivity index (χ4v) is 2.80. The lowest BCUT2D eigenvalue weighted by atomic mass is 10.1. The smallest absolute Gasteiger partial charge is 0.282 e. The lowest BCUT2D eigenvalue weighted by Crippen LogP contribution is -2.26. The van der Waals surface area contributed by atoms with Crippen molar-refractivity contribution in [2.45, 2.75) is 26.2 Å². The van der Waals surface area contributed by atoms with Gasteiger partial charge in [-0.3, -0.25) is 14.9 Å². The van der Waals surface area contributed by atoms with E-state index in [1.54, 1.807) is 17.4 Å². The highest BCUT2D eigenvalue weighted by Gasteiger charge is 2.18. The maximum Gasteiger partial charge on any atom is 0.282 e. The SMILES string of the molecule is CC(C)c1nc(CCNC(=O)c2ccccc2[N+](=O)[O-])cs1. The Kier molecular flexibility index (Phi) is 5.21. The molecular formula is C15H17N3O3S. The molecule has 116 valence electrons. The van der Waals surface area contributed by atoms with E-state index < -0.39 is 10.8 Å². The van der Waals surface area contributed by atoms with Crippen molar-refractivity contribution < 1.29 is 9.72 Å². The van der Waals surface area contributed by atoms with Gasteiger partial charge < -0.3 is 5.32 Å². The molecule has 1 aromatic carbocycles. The maximum atomic E-state index is 12.0. The zero-order valence-electron chi connectivity index (χ0n) is 12.4. The van der Waals surface area contributed by atoms with E-state index in [0.717, 1.165) is 10.7 Å². The molecule has 1 aromatic heterocycles. The first kappa shape index (κ1) is 16.1. The molecule has 0 saturated heterocycles. The quantitative estimate of drug-likeness (QED) is 0.654. The number of nitrogens with zero attached hydrogens (tertiary/aromatic N) is 2. The van der Waals surface area contributed by atoms with Crippen LogP contribution >= 0.6 is 11.3 Å². The topological polar surface area (TPSA) is 85.1 Å². The number of hydrogen-bond donors (Lipinski definition) is 1. The van der Waals surface area contributed by atoms with E-state index in [2.05, 4.69) is 24.1 Å². The van der Waals surface area contributed by atoms with Gasteiger partial charge in [0.1, 0.15) is 5.56 Å². The molecule has 0 radical (unpaired) electrons. The fourth-order valence-electron chi connectivity index (χ4n) is 1.93. The number of carbonyl (C=O) groups is 1. The minimum atomic E-state index is -0.551. The molecule has 22 heavy (non-hydrogen) atoms. The molecule has 0 saturated carbocycles. The van der Waals surface area contributed by atoms with E-state index in [1.807, 2.05) is 5.38 Å². The van der Waals surface area contributed by atoms with Crippen molar-refractivity contribution in [3.05, 3.63) is 56.0 Å². The Morgan fingerprint density at radius 1 is 1.41 bits per heavy atom. The van der Waals surface area contributed by atoms with Crippen LogP contribution in [0.15, 0.2) is 29.6 Å². The third-order valence-electron chi connectivity index (χ3n) is 3.08. The van der Waals surface area contributed by atoms with Crippen molar-refractivity contribution in [1.82, 2.24) is 10.3 Å². The number of nitro groups is 1. The second-order valence-electron chi connectivity index (χ2n) is 5.11. The summed E-state index contributed by atoms with van der Waals surface area (Å²) >= 11 is 1.61. The summed E-state index contributed by atoms with van der Waals surface area (Å²) in [7, 11) is 0. The van der Waals surface area contributed by atoms with Gasteiger partial charge in [0, 0.05) is 30.3 Å². The molecule has 1 N–H and O–H groups in total. The highest BCUT2D eigenvalue weighted by atomic mass is 32.1. The molecule has 6 nitrogen and oxygen atoms in total. The van der Waals surface area contributed by atoms with Crippen LogP contribution in [0.1, 0.15) is 40.8 Å². The second-order valence-corrected chi connectivity index (χ2v) is 6.00. The third kappa shape index (κ3) is 3.88. The monoisotopic (exact) mass is 319 g/mol. The van der Waals surface area contributed by atoms with Crippen molar-refractivity contribution in [2.24, 2.45) is 0 Å². The molecule has 1 heterocycles. The lowest BCUT2D eigenvalue weighted by molar-refractivity contribution is -0.385. The van der Waals surface area contributed by atoms with Crippen molar-refractivity contribution in [3.63, 3.8) is 0 Å². The van der Waals surface area contributed by atoms with E-state index in [0.29, 0.717) is 18.9 Å². The van der Waals surface area contributed by atoms with Gasteiger partial charge in [-0.05, 0) is 6.07 Å². The third-order valence-corrected chi connectivity index (χ3v) is 4.27. The predicted octanol–water partition coefficient (Wildman–Crippen LogP) is 3.15. The Bertz CT molecular complexity index is 682. The molecule has 0 atom stereocenters. The van der Waals surface area contributed by atoms with Gasteiger partial charge in [-0.2, -0.15) is 0 Å². The summed E-state index contributed by atoms with van der Waals surface area (Å²) in [6.07, 6.45) is 0.607. The molecule has 0 unspecified atom stereocenters. The zero-order valence-corrected chi connectivity index (χ0v) is 13.2. The predicted molar refractivity (Wildman–Crippen MR) is 85.3 cm³/mol. The fraction of sp³-hybridized carbons (Fsp3) is 0.333. The summed E-state index contributed by atoms with van der Waals surface area (Å²) in [5.74, 6) is -0.0491. The van der Waals surface area contributed by atoms with E-state index in [9.17, 15) is 14.9 Å². The number of carbonyl (C=O) groups excluding carboxylic acids is 1. The van der Waals surface area contributed by atoms with Crippen molar-refractivity contribution in [3.8, 4) is 0 Å². The van der Waals surface area contributed by atoms with Gasteiger partial charge in [0.15, 0.2) is 0 Å². The highest BCUT2D eigenvalue weighted by molar-refractivity contribution is 7.09. The summed E-state index contributed by atoms with van der Waals surface area (Å²) in [4.78, 5) is 26.9. The number of benzene rings is 1. The van der Waals surface area contributed by atoms with E-state index in [-0.39, 0.29) is 11.3 Å². The number of nitro benzene ring substituents is 1. The normalized spacial score (nSPS) is 10.7. The summed E-state index contributed by atoms with van der Waals surface area (Å²) in [5, 5.41) is 16.7. The maximum absolute atomic E-state index is 12.0. The van der Waals surface area contributed by atoms with Crippen LogP contribution in [0.5, 0.6) is 0 Å². The molecule has 0 aliphatic carbocycles. The number of nitrogens with one attached hydrogen (secondary N) is 1. The molecule has 0 spiro atoms. The first-order valence-electron chi connectivity index (χ1n) is 6.95. The lowest BCUT2D eigenvalue weighted by Gasteiger charge is -2.04. The molecule has 0 fully saturated rings. The van der Waals surface area contributed by atoms with E-state index in [4.69, 9.17) is 0 Å². The molecule has 2 aromatic rings. The van der Waals surface area contributed by atoms with Gasteiger partial charge >= 0.3 is 0 Å². The molecule has 1 amide bonds. The summed E-state index contributed by atoms with van der Waals surface area (Å²) in [6.45, 7) is 4.56. The Morgan fingerprint density at radius 2 is 2.14 bits per heavy atom. The number of amides is 1. The average Bonchev–Trinajstić information content (AvgIpc) is 2.96. The number of thiazole rings is 1. The summed E-state index contributed by atoms with van der Waals surface area (Å²) in [6, 6.07) is 5.92. The number of aromatic nitrogens is 1. The molecule has 0 aliphatic heterocycles. The highest BCUT2D eigenvalue weighted by Crippen LogP contribution is 2.19. The van der Waals surface area contributed by atoms with Crippen molar-refractivity contribution in [1.29, 1.82) is 0 Å². The standard InChI is InChI=1S/C15H17N3O3S/c1-10(2)15-17-11(9-22-15)7-8-16-14(19)12-5-3-4-6-13(12)18(20)21/h3-6,9-10H,7-8H2,1-2H3,(H,16,19). The minimum Gasteiger partial charge on any atom is -0.351 e. The molecule has 2 rings (SSSR count). The van der Waals surface area contributed by atoms with Crippen LogP contribution < -0.4 is 5.32 Å². The van der Waals surface area contributed by atoms with Crippen LogP contribution in [0.3, 0.4) is 0 Å². The Balaban J connectivity index is 1.94. The molecule has 7 heteroatoms. The van der Waals surface area contributed by atoms with Crippen LogP contribution in [0.2, 0.25) is 0 Å². The van der Waals surface area contributed by atoms with E-state index in [1.165, 1.54) is 18.2 Å². The van der Waals surface area contributed by atoms with Crippen LogP contribution in [0.25, 0.3) is 0 Å². The number of rotatable bonds is 6. The van der Waals surface area contributed by atoms with Crippen molar-refractivity contribution >= 4 is 22.9 Å². The molecule has 0 aliphatic rings. The summed E-state index contributed by atoms with van der Waals surface area (Å²) in [5.41, 5.74) is 0.820. The summed E-state index contributed by atoms with van der Waals surface area (Å²) < 4.78 is 0. The van der Waals surface area contributed by atoms with Crippen LogP contribution in [-0.2, 0) is 6.42 Å². The zero-order chi connectivity index (χ0) is 16.1. The van der Waals surface area contributed by atoms with E-state index >= 15 is 0 Å². The van der Waals surface area contributed by atoms with Gasteiger partial charge in [0.25, 0.3) is 11.6 Å². The van der Waals surface area contributed by atoms with Gasteiger partial charge in [0.2, 0.25) is 0 Å². The Labute approximate surface area is 132 Å². The van der Waals surface area contributed by atoms with Gasteiger partial charge in [-0.25, -0.2) is 4.98 Å². The minimum absolute atomic E-state index is 0.0775. The first-order valence-corrected chi connectivity index (χ1v) is 7.83. The molecular weight excluding hydrogens is 302 g/mol. The van der Waals surface area contributed by atoms with Gasteiger partial charge in [0.05, 0.1) is 15.6 Å². The van der Waals surface area contributed by atoms with Crippen molar-refractivity contribution in [2.75, 3.05) is 6.54 Å².